The summed E-state index contributed by atoms with van der Waals surface area (Å²) in [5.41, 5.74) is 1.11. The van der Waals surface area contributed by atoms with E-state index in [9.17, 15) is 14.4 Å². The lowest BCUT2D eigenvalue weighted by atomic mass is 10.1. The Labute approximate surface area is 131 Å². The third kappa shape index (κ3) is 2.96. The molecule has 0 fully saturated rings. The lowest BCUT2D eigenvalue weighted by Gasteiger charge is -2.22. The first-order valence-electron chi connectivity index (χ1n) is 7.09. The number of rotatable bonds is 3. The van der Waals surface area contributed by atoms with E-state index < -0.39 is 6.04 Å². The van der Waals surface area contributed by atoms with Crippen LogP contribution in [0, 0.1) is 6.92 Å². The van der Waals surface area contributed by atoms with E-state index in [0.29, 0.717) is 17.1 Å². The minimum absolute atomic E-state index is 0.00678. The third-order valence-corrected chi connectivity index (χ3v) is 3.52. The van der Waals surface area contributed by atoms with Crippen LogP contribution in [0.3, 0.4) is 0 Å². The number of carbonyl (C=O) groups excluding carboxylic acids is 3. The molecule has 0 spiro atoms. The first-order chi connectivity index (χ1) is 10.9. The van der Waals surface area contributed by atoms with Gasteiger partial charge in [-0.25, -0.2) is 4.68 Å². The molecule has 2 amide bonds. The Morgan fingerprint density at radius 3 is 2.65 bits per heavy atom. The third-order valence-electron chi connectivity index (χ3n) is 3.52. The van der Waals surface area contributed by atoms with Gasteiger partial charge in [0.25, 0.3) is 0 Å². The van der Waals surface area contributed by atoms with Crippen LogP contribution in [0.1, 0.15) is 35.6 Å². The van der Waals surface area contributed by atoms with Crippen molar-refractivity contribution in [1.82, 2.24) is 14.8 Å². The quantitative estimate of drug-likeness (QED) is 0.831. The SMILES string of the molecule is CC(=O)c1ccc(NC(=O)[C@H]2CC(=O)Nc3nc(C)nn32)cc1. The summed E-state index contributed by atoms with van der Waals surface area (Å²) >= 11 is 0. The second-order valence-electron chi connectivity index (χ2n) is 5.32. The molecule has 0 aliphatic carbocycles. The van der Waals surface area contributed by atoms with E-state index in [1.165, 1.54) is 11.6 Å². The molecule has 23 heavy (non-hydrogen) atoms. The van der Waals surface area contributed by atoms with Gasteiger partial charge in [-0.2, -0.15) is 10.1 Å². The van der Waals surface area contributed by atoms with Gasteiger partial charge in [0.2, 0.25) is 17.8 Å². The molecule has 8 nitrogen and oxygen atoms in total. The van der Waals surface area contributed by atoms with E-state index in [-0.39, 0.29) is 30.0 Å². The maximum absolute atomic E-state index is 12.5. The smallest absolute Gasteiger partial charge is 0.249 e. The molecule has 1 aliphatic rings. The first-order valence-corrected chi connectivity index (χ1v) is 7.09. The summed E-state index contributed by atoms with van der Waals surface area (Å²) in [6.07, 6.45) is -0.00678. The molecule has 0 radical (unpaired) electrons. The van der Waals surface area contributed by atoms with Gasteiger partial charge in [0, 0.05) is 11.3 Å². The molecular formula is C15H15N5O3. The van der Waals surface area contributed by atoms with Crippen LogP contribution in [0.15, 0.2) is 24.3 Å². The van der Waals surface area contributed by atoms with Crippen LogP contribution in [-0.2, 0) is 9.59 Å². The van der Waals surface area contributed by atoms with Crippen molar-refractivity contribution in [2.45, 2.75) is 26.3 Å². The zero-order chi connectivity index (χ0) is 16.6. The summed E-state index contributed by atoms with van der Waals surface area (Å²) in [5.74, 6) is 0.0600. The van der Waals surface area contributed by atoms with Crippen LogP contribution in [0.2, 0.25) is 0 Å². The minimum atomic E-state index is -0.757. The fraction of sp³-hybridized carbons (Fsp3) is 0.267. The van der Waals surface area contributed by atoms with Crippen molar-refractivity contribution < 1.29 is 14.4 Å². The van der Waals surface area contributed by atoms with Gasteiger partial charge in [-0.05, 0) is 38.1 Å². The van der Waals surface area contributed by atoms with E-state index in [1.54, 1.807) is 31.2 Å². The number of hydrogen-bond donors (Lipinski definition) is 2. The highest BCUT2D eigenvalue weighted by Gasteiger charge is 2.32. The molecule has 2 heterocycles. The van der Waals surface area contributed by atoms with Crippen molar-refractivity contribution in [3.05, 3.63) is 35.7 Å². The summed E-state index contributed by atoms with van der Waals surface area (Å²) in [5, 5.41) is 9.46. The molecule has 0 bridgehead atoms. The van der Waals surface area contributed by atoms with Crippen molar-refractivity contribution in [2.75, 3.05) is 10.6 Å². The van der Waals surface area contributed by atoms with Crippen LogP contribution >= 0.6 is 0 Å². The monoisotopic (exact) mass is 313 g/mol. The molecule has 1 aromatic carbocycles. The second kappa shape index (κ2) is 5.64. The molecule has 118 valence electrons. The number of hydrogen-bond acceptors (Lipinski definition) is 5. The summed E-state index contributed by atoms with van der Waals surface area (Å²) in [6.45, 7) is 3.16. The topological polar surface area (TPSA) is 106 Å². The average Bonchev–Trinajstić information content (AvgIpc) is 2.86. The van der Waals surface area contributed by atoms with Crippen molar-refractivity contribution in [2.24, 2.45) is 0 Å². The summed E-state index contributed by atoms with van der Waals surface area (Å²) in [4.78, 5) is 39.5. The predicted octanol–water partition coefficient (Wildman–Crippen LogP) is 1.31. The number of fused-ring (bicyclic) bond motifs is 1. The Morgan fingerprint density at radius 1 is 1.30 bits per heavy atom. The number of aromatic nitrogens is 3. The van der Waals surface area contributed by atoms with Crippen LogP contribution < -0.4 is 10.6 Å². The molecule has 1 atom stereocenters. The number of carbonyl (C=O) groups is 3. The standard InChI is InChI=1S/C15H15N5O3/c1-8(21)10-3-5-11(6-4-10)17-14(23)12-7-13(22)18-15-16-9(2)19-20(12)15/h3-6,12H,7H2,1-2H3,(H,17,23)(H,16,18,19,22)/t12-/m1/s1. The maximum Gasteiger partial charge on any atom is 0.249 e. The Bertz CT molecular complexity index is 794. The lowest BCUT2D eigenvalue weighted by Crippen LogP contribution is -2.36. The Balaban J connectivity index is 1.80. The molecule has 0 unspecified atom stereocenters. The van der Waals surface area contributed by atoms with Gasteiger partial charge >= 0.3 is 0 Å². The molecule has 3 rings (SSSR count). The van der Waals surface area contributed by atoms with Gasteiger partial charge in [0.05, 0.1) is 6.42 Å². The van der Waals surface area contributed by atoms with Gasteiger partial charge in [-0.3, -0.25) is 19.7 Å². The molecule has 1 aromatic heterocycles. The Hall–Kier alpha value is -3.03. The zero-order valence-corrected chi connectivity index (χ0v) is 12.7. The van der Waals surface area contributed by atoms with Crippen LogP contribution in [0.4, 0.5) is 11.6 Å². The number of ketones is 1. The summed E-state index contributed by atoms with van der Waals surface area (Å²) in [6, 6.07) is 5.80. The van der Waals surface area contributed by atoms with Gasteiger partial charge < -0.3 is 5.32 Å². The minimum Gasteiger partial charge on any atom is -0.324 e. The van der Waals surface area contributed by atoms with Crippen molar-refractivity contribution in [3.63, 3.8) is 0 Å². The van der Waals surface area contributed by atoms with Gasteiger partial charge in [-0.15, -0.1) is 0 Å². The Kier molecular flexibility index (Phi) is 3.65. The number of nitrogens with one attached hydrogen (secondary N) is 2. The van der Waals surface area contributed by atoms with Crippen LogP contribution in [0.25, 0.3) is 0 Å². The molecule has 2 aromatic rings. The lowest BCUT2D eigenvalue weighted by molar-refractivity contribution is -0.125. The van der Waals surface area contributed by atoms with E-state index >= 15 is 0 Å². The predicted molar refractivity (Wildman–Crippen MR) is 82.1 cm³/mol. The molecule has 2 N–H and O–H groups in total. The highest BCUT2D eigenvalue weighted by molar-refractivity contribution is 6.01. The largest absolute Gasteiger partial charge is 0.324 e. The zero-order valence-electron chi connectivity index (χ0n) is 12.7. The molecule has 8 heteroatoms. The first kappa shape index (κ1) is 14.9. The van der Waals surface area contributed by atoms with E-state index in [4.69, 9.17) is 0 Å². The Morgan fingerprint density at radius 2 is 2.00 bits per heavy atom. The molecule has 0 saturated heterocycles. The van der Waals surface area contributed by atoms with Gasteiger partial charge in [0.1, 0.15) is 11.9 Å². The number of aryl methyl sites for hydroxylation is 1. The van der Waals surface area contributed by atoms with E-state index in [1.807, 2.05) is 0 Å². The van der Waals surface area contributed by atoms with E-state index in [2.05, 4.69) is 20.7 Å². The molecular weight excluding hydrogens is 298 g/mol. The highest BCUT2D eigenvalue weighted by atomic mass is 16.2. The van der Waals surface area contributed by atoms with Crippen LogP contribution in [0.5, 0.6) is 0 Å². The number of nitrogens with zero attached hydrogens (tertiary/aromatic N) is 3. The molecule has 1 aliphatic heterocycles. The number of amides is 2. The summed E-state index contributed by atoms with van der Waals surface area (Å²) < 4.78 is 1.41. The van der Waals surface area contributed by atoms with Crippen molar-refractivity contribution in [1.29, 1.82) is 0 Å². The fourth-order valence-corrected chi connectivity index (χ4v) is 2.39. The number of anilines is 2. The normalized spacial score (nSPS) is 16.4. The second-order valence-corrected chi connectivity index (χ2v) is 5.32. The van der Waals surface area contributed by atoms with Gasteiger partial charge in [-0.1, -0.05) is 0 Å². The van der Waals surface area contributed by atoms with Crippen molar-refractivity contribution in [3.8, 4) is 0 Å². The average molecular weight is 313 g/mol. The van der Waals surface area contributed by atoms with Gasteiger partial charge in [0.15, 0.2) is 5.78 Å². The van der Waals surface area contributed by atoms with E-state index in [0.717, 1.165) is 0 Å². The summed E-state index contributed by atoms with van der Waals surface area (Å²) in [7, 11) is 0. The fourth-order valence-electron chi connectivity index (χ4n) is 2.39. The molecule has 0 saturated carbocycles. The number of benzene rings is 1. The van der Waals surface area contributed by atoms with Crippen LogP contribution in [-0.4, -0.2) is 32.4 Å². The van der Waals surface area contributed by atoms with Crippen molar-refractivity contribution >= 4 is 29.2 Å². The maximum atomic E-state index is 12.5. The number of Topliss-reactive ketones (excluding diaryl/α,β-unsaturated/α-hetero) is 1. The highest BCUT2D eigenvalue weighted by Crippen LogP contribution is 2.24.